The lowest BCUT2D eigenvalue weighted by atomic mass is 10.1. The second-order valence-corrected chi connectivity index (χ2v) is 7.88. The van der Waals surface area contributed by atoms with E-state index in [-0.39, 0.29) is 0 Å². The summed E-state index contributed by atoms with van der Waals surface area (Å²) in [7, 11) is 0. The topological polar surface area (TPSA) is 62.3 Å². The number of thiocarbonyl (C=S) groups is 1. The summed E-state index contributed by atoms with van der Waals surface area (Å²) in [6.45, 7) is 2.76. The molecule has 3 aromatic rings. The van der Waals surface area contributed by atoms with E-state index < -0.39 is 0 Å². The molecule has 0 spiro atoms. The van der Waals surface area contributed by atoms with Crippen LogP contribution in [-0.4, -0.2) is 34.7 Å². The molecule has 0 aliphatic carbocycles. The Balaban J connectivity index is 1.38. The van der Waals surface area contributed by atoms with Crippen LogP contribution in [0.3, 0.4) is 0 Å². The predicted molar refractivity (Wildman–Crippen MR) is 129 cm³/mol. The maximum atomic E-state index is 5.97. The van der Waals surface area contributed by atoms with Gasteiger partial charge in [0.25, 0.3) is 0 Å². The number of nitrogens with one attached hydrogen (secondary N) is 2. The van der Waals surface area contributed by atoms with Crippen LogP contribution in [0.25, 0.3) is 0 Å². The standard InChI is InChI=1S/C24H27N5OS/c31-24(25-15-9-12-19-10-3-1-4-11-19)28-23-26-21(29-16-7-8-17-29)18-22(27-23)30-20-13-5-2-6-14-20/h1-6,10-11,13-14,18H,7-9,12,15-17H2,(H2,25,26,27,28,31). The van der Waals surface area contributed by atoms with Crippen LogP contribution in [0.2, 0.25) is 0 Å². The normalized spacial score (nSPS) is 13.1. The molecule has 0 amide bonds. The summed E-state index contributed by atoms with van der Waals surface area (Å²) >= 11 is 5.46. The largest absolute Gasteiger partial charge is 0.439 e. The summed E-state index contributed by atoms with van der Waals surface area (Å²) < 4.78 is 5.97. The van der Waals surface area contributed by atoms with E-state index in [9.17, 15) is 0 Å². The Labute approximate surface area is 188 Å². The summed E-state index contributed by atoms with van der Waals surface area (Å²) in [5, 5.41) is 6.88. The van der Waals surface area contributed by atoms with Crippen LogP contribution in [0.4, 0.5) is 11.8 Å². The van der Waals surface area contributed by atoms with Gasteiger partial charge >= 0.3 is 0 Å². The van der Waals surface area contributed by atoms with Crippen LogP contribution in [-0.2, 0) is 6.42 Å². The number of rotatable bonds is 8. The first-order chi connectivity index (χ1) is 15.3. The molecule has 6 nitrogen and oxygen atoms in total. The Hall–Kier alpha value is -3.19. The molecule has 7 heteroatoms. The van der Waals surface area contributed by atoms with Crippen molar-refractivity contribution in [3.05, 3.63) is 72.3 Å². The molecule has 2 N–H and O–H groups in total. The first kappa shape index (κ1) is 21.1. The average Bonchev–Trinajstić information content (AvgIpc) is 3.33. The number of para-hydroxylation sites is 1. The van der Waals surface area contributed by atoms with E-state index in [0.717, 1.165) is 44.0 Å². The van der Waals surface area contributed by atoms with Gasteiger partial charge in [-0.15, -0.1) is 0 Å². The van der Waals surface area contributed by atoms with Crippen LogP contribution >= 0.6 is 12.2 Å². The maximum Gasteiger partial charge on any atom is 0.234 e. The monoisotopic (exact) mass is 433 g/mol. The lowest BCUT2D eigenvalue weighted by Crippen LogP contribution is -2.30. The molecule has 1 saturated heterocycles. The first-order valence-corrected chi connectivity index (χ1v) is 11.1. The molecule has 1 aromatic heterocycles. The third kappa shape index (κ3) is 6.39. The van der Waals surface area contributed by atoms with Gasteiger partial charge in [0, 0.05) is 25.7 Å². The molecule has 31 heavy (non-hydrogen) atoms. The van der Waals surface area contributed by atoms with Gasteiger partial charge in [0.15, 0.2) is 5.11 Å². The summed E-state index contributed by atoms with van der Waals surface area (Å²) in [5.41, 5.74) is 1.33. The van der Waals surface area contributed by atoms with Crippen LogP contribution in [0.15, 0.2) is 66.7 Å². The zero-order valence-electron chi connectivity index (χ0n) is 17.5. The second kappa shape index (κ2) is 10.7. The number of benzene rings is 2. The predicted octanol–water partition coefficient (Wildman–Crippen LogP) is 4.79. The molecular formula is C24H27N5OS. The van der Waals surface area contributed by atoms with E-state index in [1.165, 1.54) is 18.4 Å². The molecule has 4 rings (SSSR count). The number of anilines is 2. The molecule has 0 atom stereocenters. The van der Waals surface area contributed by atoms with E-state index in [2.05, 4.69) is 49.8 Å². The van der Waals surface area contributed by atoms with Gasteiger partial charge < -0.3 is 20.3 Å². The van der Waals surface area contributed by atoms with E-state index in [0.29, 0.717) is 16.9 Å². The molecule has 1 aliphatic rings. The number of aromatic nitrogens is 2. The van der Waals surface area contributed by atoms with Gasteiger partial charge in [0.05, 0.1) is 0 Å². The second-order valence-electron chi connectivity index (χ2n) is 7.47. The van der Waals surface area contributed by atoms with Gasteiger partial charge in [-0.2, -0.15) is 9.97 Å². The van der Waals surface area contributed by atoms with E-state index in [1.54, 1.807) is 0 Å². The summed E-state index contributed by atoms with van der Waals surface area (Å²) in [6.07, 6.45) is 4.33. The minimum absolute atomic E-state index is 0.441. The van der Waals surface area contributed by atoms with Crippen molar-refractivity contribution in [1.29, 1.82) is 0 Å². The van der Waals surface area contributed by atoms with Crippen molar-refractivity contribution in [1.82, 2.24) is 15.3 Å². The van der Waals surface area contributed by atoms with Crippen molar-refractivity contribution in [2.45, 2.75) is 25.7 Å². The quantitative estimate of drug-likeness (QED) is 0.391. The van der Waals surface area contributed by atoms with Crippen LogP contribution < -0.4 is 20.3 Å². The van der Waals surface area contributed by atoms with E-state index >= 15 is 0 Å². The number of aryl methyl sites for hydroxylation is 1. The van der Waals surface area contributed by atoms with Gasteiger partial charge in [0.1, 0.15) is 11.6 Å². The van der Waals surface area contributed by atoms with Gasteiger partial charge in [-0.3, -0.25) is 0 Å². The fraction of sp³-hybridized carbons (Fsp3) is 0.292. The minimum atomic E-state index is 0.441. The Kier molecular flexibility index (Phi) is 7.28. The molecule has 0 bridgehead atoms. The van der Waals surface area contributed by atoms with E-state index in [1.807, 2.05) is 42.5 Å². The Morgan fingerprint density at radius 1 is 0.968 bits per heavy atom. The maximum absolute atomic E-state index is 5.97. The fourth-order valence-electron chi connectivity index (χ4n) is 3.52. The third-order valence-corrected chi connectivity index (χ3v) is 5.33. The molecule has 0 saturated carbocycles. The highest BCUT2D eigenvalue weighted by Crippen LogP contribution is 2.26. The molecule has 2 heterocycles. The summed E-state index contributed by atoms with van der Waals surface area (Å²) in [4.78, 5) is 11.4. The third-order valence-electron chi connectivity index (χ3n) is 5.08. The van der Waals surface area contributed by atoms with Crippen molar-refractivity contribution in [3.63, 3.8) is 0 Å². The molecular weight excluding hydrogens is 406 g/mol. The van der Waals surface area contributed by atoms with Crippen molar-refractivity contribution in [2.24, 2.45) is 0 Å². The van der Waals surface area contributed by atoms with Crippen molar-refractivity contribution < 1.29 is 4.74 Å². The molecule has 0 radical (unpaired) electrons. The number of nitrogens with zero attached hydrogens (tertiary/aromatic N) is 3. The van der Waals surface area contributed by atoms with Crippen molar-refractivity contribution >= 4 is 29.1 Å². The first-order valence-electron chi connectivity index (χ1n) is 10.7. The SMILES string of the molecule is S=C(NCCCc1ccccc1)Nc1nc(Oc2ccccc2)cc(N2CCCC2)n1. The molecule has 1 fully saturated rings. The molecule has 0 unspecified atom stereocenters. The highest BCUT2D eigenvalue weighted by molar-refractivity contribution is 7.80. The number of ether oxygens (including phenoxy) is 1. The highest BCUT2D eigenvalue weighted by Gasteiger charge is 2.17. The average molecular weight is 434 g/mol. The number of hydrogen-bond donors (Lipinski definition) is 2. The van der Waals surface area contributed by atoms with E-state index in [4.69, 9.17) is 17.0 Å². The van der Waals surface area contributed by atoms with Crippen LogP contribution in [0.5, 0.6) is 11.6 Å². The van der Waals surface area contributed by atoms with Gasteiger partial charge in [-0.25, -0.2) is 0 Å². The molecule has 160 valence electrons. The Morgan fingerprint density at radius 3 is 2.42 bits per heavy atom. The smallest absolute Gasteiger partial charge is 0.234 e. The highest BCUT2D eigenvalue weighted by atomic mass is 32.1. The zero-order valence-corrected chi connectivity index (χ0v) is 18.3. The zero-order chi connectivity index (χ0) is 21.3. The Bertz CT molecular complexity index is 978. The molecule has 1 aliphatic heterocycles. The summed E-state index contributed by atoms with van der Waals surface area (Å²) in [5.74, 6) is 2.53. The lowest BCUT2D eigenvalue weighted by molar-refractivity contribution is 0.462. The van der Waals surface area contributed by atoms with Gasteiger partial charge in [-0.05, 0) is 55.6 Å². The van der Waals surface area contributed by atoms with Gasteiger partial charge in [-0.1, -0.05) is 48.5 Å². The van der Waals surface area contributed by atoms with Crippen LogP contribution in [0.1, 0.15) is 24.8 Å². The fourth-order valence-corrected chi connectivity index (χ4v) is 3.72. The molecule has 2 aromatic carbocycles. The van der Waals surface area contributed by atoms with Gasteiger partial charge in [0.2, 0.25) is 11.8 Å². The summed E-state index contributed by atoms with van der Waals surface area (Å²) in [6, 6.07) is 22.0. The lowest BCUT2D eigenvalue weighted by Gasteiger charge is -2.18. The van der Waals surface area contributed by atoms with Crippen LogP contribution in [0, 0.1) is 0 Å². The Morgan fingerprint density at radius 2 is 1.68 bits per heavy atom. The van der Waals surface area contributed by atoms with Crippen molar-refractivity contribution in [3.8, 4) is 11.6 Å². The minimum Gasteiger partial charge on any atom is -0.439 e. The number of hydrogen-bond acceptors (Lipinski definition) is 5. The van der Waals surface area contributed by atoms with Crippen molar-refractivity contribution in [2.75, 3.05) is 29.9 Å².